The van der Waals surface area contributed by atoms with E-state index in [1.165, 1.54) is 16.4 Å². The lowest BCUT2D eigenvalue weighted by atomic mass is 10.2. The lowest BCUT2D eigenvalue weighted by molar-refractivity contribution is -0.138. The molecule has 29 heavy (non-hydrogen) atoms. The van der Waals surface area contributed by atoms with Crippen LogP contribution in [0.25, 0.3) is 0 Å². The molecular formula is C21H23ClN2O4S. The summed E-state index contributed by atoms with van der Waals surface area (Å²) in [6, 6.07) is 12.9. The molecule has 0 radical (unpaired) electrons. The summed E-state index contributed by atoms with van der Waals surface area (Å²) in [4.78, 5) is 15.1. The monoisotopic (exact) mass is 434 g/mol. The van der Waals surface area contributed by atoms with Gasteiger partial charge in [0.05, 0.1) is 17.1 Å². The minimum Gasteiger partial charge on any atom is -0.476 e. The number of likely N-dealkylation sites (tertiary alicyclic amines) is 1. The van der Waals surface area contributed by atoms with Crippen LogP contribution in [0.5, 0.6) is 5.75 Å². The number of ether oxygens (including phenoxy) is 1. The van der Waals surface area contributed by atoms with Crippen LogP contribution in [0.15, 0.2) is 53.4 Å². The summed E-state index contributed by atoms with van der Waals surface area (Å²) >= 11 is 5.91. The lowest BCUT2D eigenvalue weighted by Crippen LogP contribution is -2.52. The van der Waals surface area contributed by atoms with E-state index in [9.17, 15) is 13.2 Å². The largest absolute Gasteiger partial charge is 0.476 e. The summed E-state index contributed by atoms with van der Waals surface area (Å²) in [6.07, 6.45) is 3.26. The van der Waals surface area contributed by atoms with Gasteiger partial charge in [0.2, 0.25) is 0 Å². The zero-order valence-corrected chi connectivity index (χ0v) is 17.5. The zero-order valence-electron chi connectivity index (χ0n) is 16.0. The quantitative estimate of drug-likeness (QED) is 0.738. The highest BCUT2D eigenvalue weighted by atomic mass is 35.5. The van der Waals surface area contributed by atoms with E-state index < -0.39 is 16.1 Å². The molecule has 1 fully saturated rings. The highest BCUT2D eigenvalue weighted by Gasteiger charge is 2.39. The van der Waals surface area contributed by atoms with Crippen LogP contribution in [-0.4, -0.2) is 45.0 Å². The van der Waals surface area contributed by atoms with Crippen molar-refractivity contribution in [2.45, 2.75) is 36.7 Å². The Kier molecular flexibility index (Phi) is 5.69. The number of carbonyl (C=O) groups excluding carboxylic acids is 1. The zero-order chi connectivity index (χ0) is 20.4. The van der Waals surface area contributed by atoms with Gasteiger partial charge in [-0.15, -0.1) is 0 Å². The van der Waals surface area contributed by atoms with Gasteiger partial charge in [-0.2, -0.15) is 0 Å². The molecule has 1 saturated heterocycles. The second kappa shape index (κ2) is 8.24. The van der Waals surface area contributed by atoms with Gasteiger partial charge in [0.1, 0.15) is 5.75 Å². The molecule has 6 nitrogen and oxygen atoms in total. The van der Waals surface area contributed by atoms with E-state index >= 15 is 0 Å². The summed E-state index contributed by atoms with van der Waals surface area (Å²) in [5, 5.41) is 0.459. The number of amides is 1. The Balaban J connectivity index is 1.67. The Morgan fingerprint density at radius 3 is 2.31 bits per heavy atom. The van der Waals surface area contributed by atoms with E-state index in [1.54, 1.807) is 41.3 Å². The first kappa shape index (κ1) is 20.0. The van der Waals surface area contributed by atoms with Crippen molar-refractivity contribution in [3.8, 4) is 5.75 Å². The number of halogens is 1. The number of anilines is 1. The van der Waals surface area contributed by atoms with Crippen molar-refractivity contribution in [3.63, 3.8) is 0 Å². The van der Waals surface area contributed by atoms with E-state index in [-0.39, 0.29) is 17.3 Å². The van der Waals surface area contributed by atoms with Crippen molar-refractivity contribution >= 4 is 33.2 Å². The maximum atomic E-state index is 13.4. The fraction of sp³-hybridized carbons (Fsp3) is 0.381. The first-order chi connectivity index (χ1) is 14.0. The molecule has 2 aliphatic rings. The summed E-state index contributed by atoms with van der Waals surface area (Å²) in [6.45, 7) is 1.31. The van der Waals surface area contributed by atoms with Crippen molar-refractivity contribution in [2.24, 2.45) is 0 Å². The summed E-state index contributed by atoms with van der Waals surface area (Å²) in [5.74, 6) is 0.238. The smallest absolute Gasteiger partial charge is 0.265 e. The molecule has 0 unspecified atom stereocenters. The third-order valence-electron chi connectivity index (χ3n) is 5.33. The lowest BCUT2D eigenvalue weighted by Gasteiger charge is -2.36. The van der Waals surface area contributed by atoms with Crippen LogP contribution in [0.2, 0.25) is 5.02 Å². The highest BCUT2D eigenvalue weighted by Crippen LogP contribution is 2.37. The first-order valence-corrected chi connectivity index (χ1v) is 11.6. The Bertz CT molecular complexity index is 986. The number of nitrogens with zero attached hydrogens (tertiary/aromatic N) is 2. The molecule has 154 valence electrons. The molecule has 2 heterocycles. The van der Waals surface area contributed by atoms with Crippen LogP contribution in [0, 0.1) is 0 Å². The standard InChI is InChI=1S/C21H23ClN2O4S/c22-16-9-11-17(12-10-16)29(26,27)24-15-20(28-19-8-4-3-7-18(19)24)21(25)23-13-5-1-2-6-14-23/h3-4,7-12,20H,1-2,5-6,13-15H2/t20-/m1/s1. The SMILES string of the molecule is O=C([C@H]1CN(S(=O)(=O)c2ccc(Cl)cc2)c2ccccc2O1)N1CCCCCC1. The third kappa shape index (κ3) is 4.07. The molecular weight excluding hydrogens is 412 g/mol. The van der Waals surface area contributed by atoms with E-state index in [0.29, 0.717) is 29.5 Å². The fourth-order valence-corrected chi connectivity index (χ4v) is 5.39. The predicted molar refractivity (Wildman–Crippen MR) is 112 cm³/mol. The Morgan fingerprint density at radius 2 is 1.62 bits per heavy atom. The normalized spacial score (nSPS) is 19.8. The number of carbonyl (C=O) groups is 1. The number of sulfonamides is 1. The number of hydrogen-bond acceptors (Lipinski definition) is 4. The van der Waals surface area contributed by atoms with Gasteiger partial charge in [-0.25, -0.2) is 8.42 Å². The minimum atomic E-state index is -3.87. The molecule has 0 aliphatic carbocycles. The number of hydrogen-bond donors (Lipinski definition) is 0. The maximum absolute atomic E-state index is 13.4. The molecule has 0 N–H and O–H groups in total. The van der Waals surface area contributed by atoms with Gasteiger partial charge >= 0.3 is 0 Å². The number of para-hydroxylation sites is 2. The molecule has 0 saturated carbocycles. The van der Waals surface area contributed by atoms with Crippen LogP contribution in [0.4, 0.5) is 5.69 Å². The van der Waals surface area contributed by atoms with Crippen LogP contribution >= 0.6 is 11.6 Å². The average molecular weight is 435 g/mol. The van der Waals surface area contributed by atoms with Gasteiger partial charge in [-0.05, 0) is 49.2 Å². The molecule has 2 aromatic rings. The second-order valence-electron chi connectivity index (χ2n) is 7.30. The summed E-state index contributed by atoms with van der Waals surface area (Å²) in [7, 11) is -3.87. The number of rotatable bonds is 3. The molecule has 4 rings (SSSR count). The van der Waals surface area contributed by atoms with Crippen molar-refractivity contribution in [1.29, 1.82) is 0 Å². The van der Waals surface area contributed by atoms with Crippen molar-refractivity contribution in [2.75, 3.05) is 23.9 Å². The van der Waals surface area contributed by atoms with Gasteiger partial charge in [-0.1, -0.05) is 36.6 Å². The molecule has 8 heteroatoms. The number of fused-ring (bicyclic) bond motifs is 1. The Hall–Kier alpha value is -2.25. The van der Waals surface area contributed by atoms with Gasteiger partial charge < -0.3 is 9.64 Å². The van der Waals surface area contributed by atoms with Crippen molar-refractivity contribution in [3.05, 3.63) is 53.6 Å². The minimum absolute atomic E-state index is 0.0582. The molecule has 0 spiro atoms. The van der Waals surface area contributed by atoms with E-state index in [0.717, 1.165) is 25.7 Å². The topological polar surface area (TPSA) is 66.9 Å². The van der Waals surface area contributed by atoms with Crippen LogP contribution < -0.4 is 9.04 Å². The average Bonchev–Trinajstić information content (AvgIpc) is 3.02. The Labute approximate surface area is 176 Å². The second-order valence-corrected chi connectivity index (χ2v) is 9.60. The third-order valence-corrected chi connectivity index (χ3v) is 7.38. The first-order valence-electron chi connectivity index (χ1n) is 9.79. The summed E-state index contributed by atoms with van der Waals surface area (Å²) in [5.41, 5.74) is 0.433. The molecule has 2 aliphatic heterocycles. The number of benzene rings is 2. The molecule has 1 atom stereocenters. The van der Waals surface area contributed by atoms with Gasteiger partial charge in [-0.3, -0.25) is 9.10 Å². The summed E-state index contributed by atoms with van der Waals surface area (Å²) < 4.78 is 33.9. The fourth-order valence-electron chi connectivity index (χ4n) is 3.79. The van der Waals surface area contributed by atoms with E-state index in [1.807, 2.05) is 0 Å². The van der Waals surface area contributed by atoms with Crippen LogP contribution in [0.1, 0.15) is 25.7 Å². The van der Waals surface area contributed by atoms with Crippen LogP contribution in [-0.2, 0) is 14.8 Å². The van der Waals surface area contributed by atoms with Crippen molar-refractivity contribution in [1.82, 2.24) is 4.90 Å². The highest BCUT2D eigenvalue weighted by molar-refractivity contribution is 7.92. The van der Waals surface area contributed by atoms with E-state index in [4.69, 9.17) is 16.3 Å². The van der Waals surface area contributed by atoms with Gasteiger partial charge in [0, 0.05) is 18.1 Å². The predicted octanol–water partition coefficient (Wildman–Crippen LogP) is 3.70. The molecule has 1 amide bonds. The van der Waals surface area contributed by atoms with Gasteiger partial charge in [0.15, 0.2) is 6.10 Å². The molecule has 0 bridgehead atoms. The van der Waals surface area contributed by atoms with Crippen molar-refractivity contribution < 1.29 is 17.9 Å². The van der Waals surface area contributed by atoms with Crippen LogP contribution in [0.3, 0.4) is 0 Å². The Morgan fingerprint density at radius 1 is 0.966 bits per heavy atom. The molecule has 0 aromatic heterocycles. The maximum Gasteiger partial charge on any atom is 0.265 e. The van der Waals surface area contributed by atoms with Gasteiger partial charge in [0.25, 0.3) is 15.9 Å². The molecule has 2 aromatic carbocycles. The van der Waals surface area contributed by atoms with E-state index in [2.05, 4.69) is 0 Å².